The van der Waals surface area contributed by atoms with E-state index in [0.717, 1.165) is 17.3 Å². The molecule has 1 aromatic carbocycles. The molecule has 0 bridgehead atoms. The summed E-state index contributed by atoms with van der Waals surface area (Å²) in [5, 5.41) is 6.33. The standard InChI is InChI=1S/C16H22N4O2/c1-12(2)22-14-6-4-13(5-7-14)19-16-18-9-8-15(20-16)17-10-11-21-3/h4-9,12H,10-11H2,1-3H3,(H2,17,18,19,20). The third-order valence-electron chi connectivity index (χ3n) is 2.75. The van der Waals surface area contributed by atoms with E-state index in [1.807, 2.05) is 44.2 Å². The molecule has 118 valence electrons. The molecule has 0 aliphatic carbocycles. The topological polar surface area (TPSA) is 68.3 Å². The van der Waals surface area contributed by atoms with Gasteiger partial charge in [0.15, 0.2) is 0 Å². The molecule has 0 spiro atoms. The third kappa shape index (κ3) is 5.21. The van der Waals surface area contributed by atoms with E-state index in [-0.39, 0.29) is 6.10 Å². The van der Waals surface area contributed by atoms with Crippen LogP contribution >= 0.6 is 0 Å². The number of nitrogens with zero attached hydrogens (tertiary/aromatic N) is 2. The lowest BCUT2D eigenvalue weighted by Gasteiger charge is -2.11. The van der Waals surface area contributed by atoms with E-state index in [2.05, 4.69) is 20.6 Å². The number of aromatic nitrogens is 2. The number of rotatable bonds is 8. The van der Waals surface area contributed by atoms with Crippen LogP contribution in [0.15, 0.2) is 36.5 Å². The van der Waals surface area contributed by atoms with Gasteiger partial charge in [0, 0.05) is 25.5 Å². The van der Waals surface area contributed by atoms with Gasteiger partial charge in [-0.05, 0) is 44.2 Å². The van der Waals surface area contributed by atoms with Crippen LogP contribution in [0.4, 0.5) is 17.5 Å². The molecule has 0 aliphatic rings. The summed E-state index contributed by atoms with van der Waals surface area (Å²) in [7, 11) is 1.67. The molecule has 6 heteroatoms. The van der Waals surface area contributed by atoms with Gasteiger partial charge in [-0.15, -0.1) is 0 Å². The Balaban J connectivity index is 1.96. The van der Waals surface area contributed by atoms with Crippen LogP contribution in [-0.4, -0.2) is 36.3 Å². The van der Waals surface area contributed by atoms with Crippen molar-refractivity contribution in [1.82, 2.24) is 9.97 Å². The van der Waals surface area contributed by atoms with E-state index < -0.39 is 0 Å². The second-order valence-electron chi connectivity index (χ2n) is 5.00. The summed E-state index contributed by atoms with van der Waals surface area (Å²) >= 11 is 0. The van der Waals surface area contributed by atoms with Gasteiger partial charge < -0.3 is 20.1 Å². The molecule has 0 atom stereocenters. The van der Waals surface area contributed by atoms with Crippen molar-refractivity contribution in [2.45, 2.75) is 20.0 Å². The first kappa shape index (κ1) is 16.0. The van der Waals surface area contributed by atoms with Crippen LogP contribution < -0.4 is 15.4 Å². The van der Waals surface area contributed by atoms with Crippen molar-refractivity contribution in [3.05, 3.63) is 36.5 Å². The number of benzene rings is 1. The summed E-state index contributed by atoms with van der Waals surface area (Å²) in [5.41, 5.74) is 0.908. The third-order valence-corrected chi connectivity index (χ3v) is 2.75. The molecular weight excluding hydrogens is 280 g/mol. The maximum atomic E-state index is 5.61. The lowest BCUT2D eigenvalue weighted by Crippen LogP contribution is -2.09. The Hall–Kier alpha value is -2.34. The first-order valence-corrected chi connectivity index (χ1v) is 7.27. The van der Waals surface area contributed by atoms with Gasteiger partial charge in [-0.3, -0.25) is 0 Å². The smallest absolute Gasteiger partial charge is 0.229 e. The van der Waals surface area contributed by atoms with Crippen molar-refractivity contribution in [2.75, 3.05) is 30.9 Å². The molecule has 2 aromatic rings. The molecule has 0 amide bonds. The first-order valence-electron chi connectivity index (χ1n) is 7.27. The highest BCUT2D eigenvalue weighted by Gasteiger charge is 2.01. The van der Waals surface area contributed by atoms with Crippen LogP contribution in [0, 0.1) is 0 Å². The summed E-state index contributed by atoms with van der Waals surface area (Å²) in [5.74, 6) is 2.14. The van der Waals surface area contributed by atoms with Gasteiger partial charge in [0.05, 0.1) is 12.7 Å². The predicted molar refractivity (Wildman–Crippen MR) is 87.9 cm³/mol. The number of hydrogen-bond donors (Lipinski definition) is 2. The fourth-order valence-corrected chi connectivity index (χ4v) is 1.82. The van der Waals surface area contributed by atoms with Crippen LogP contribution in [0.1, 0.15) is 13.8 Å². The maximum Gasteiger partial charge on any atom is 0.229 e. The van der Waals surface area contributed by atoms with Gasteiger partial charge in [-0.25, -0.2) is 4.98 Å². The van der Waals surface area contributed by atoms with Crippen LogP contribution in [0.2, 0.25) is 0 Å². The van der Waals surface area contributed by atoms with Crippen LogP contribution in [0.3, 0.4) is 0 Å². The minimum Gasteiger partial charge on any atom is -0.491 e. The molecule has 1 heterocycles. The Morgan fingerprint density at radius 2 is 1.91 bits per heavy atom. The quantitative estimate of drug-likeness (QED) is 0.730. The number of ether oxygens (including phenoxy) is 2. The Morgan fingerprint density at radius 3 is 2.59 bits per heavy atom. The summed E-state index contributed by atoms with van der Waals surface area (Å²) in [6.45, 7) is 5.34. The molecule has 0 fully saturated rings. The van der Waals surface area contributed by atoms with Gasteiger partial charge >= 0.3 is 0 Å². The van der Waals surface area contributed by atoms with Crippen LogP contribution in [0.5, 0.6) is 5.75 Å². The predicted octanol–water partition coefficient (Wildman–Crippen LogP) is 3.07. The van der Waals surface area contributed by atoms with Crippen molar-refractivity contribution in [3.8, 4) is 5.75 Å². The zero-order chi connectivity index (χ0) is 15.8. The van der Waals surface area contributed by atoms with Crippen molar-refractivity contribution in [1.29, 1.82) is 0 Å². The fraction of sp³-hybridized carbons (Fsp3) is 0.375. The van der Waals surface area contributed by atoms with E-state index in [0.29, 0.717) is 19.1 Å². The highest BCUT2D eigenvalue weighted by Crippen LogP contribution is 2.19. The molecular formula is C16H22N4O2. The second-order valence-corrected chi connectivity index (χ2v) is 5.00. The van der Waals surface area contributed by atoms with Crippen LogP contribution in [-0.2, 0) is 4.74 Å². The number of anilines is 3. The van der Waals surface area contributed by atoms with E-state index in [1.54, 1.807) is 13.3 Å². The molecule has 22 heavy (non-hydrogen) atoms. The maximum absolute atomic E-state index is 5.61. The molecule has 0 radical (unpaired) electrons. The van der Waals surface area contributed by atoms with Gasteiger partial charge in [0.25, 0.3) is 0 Å². The van der Waals surface area contributed by atoms with E-state index in [4.69, 9.17) is 9.47 Å². The van der Waals surface area contributed by atoms with Gasteiger partial charge in [-0.1, -0.05) is 0 Å². The average Bonchev–Trinajstić information content (AvgIpc) is 2.49. The van der Waals surface area contributed by atoms with Gasteiger partial charge in [-0.2, -0.15) is 4.98 Å². The highest BCUT2D eigenvalue weighted by molar-refractivity contribution is 5.55. The Bertz CT molecular complexity index is 573. The summed E-state index contributed by atoms with van der Waals surface area (Å²) in [4.78, 5) is 8.60. The largest absolute Gasteiger partial charge is 0.491 e. The van der Waals surface area contributed by atoms with Crippen molar-refractivity contribution < 1.29 is 9.47 Å². The molecule has 2 rings (SSSR count). The second kappa shape index (κ2) is 8.19. The minimum atomic E-state index is 0.164. The Labute approximate surface area is 130 Å². The number of methoxy groups -OCH3 is 1. The molecule has 2 N–H and O–H groups in total. The lowest BCUT2D eigenvalue weighted by atomic mass is 10.3. The number of hydrogen-bond acceptors (Lipinski definition) is 6. The van der Waals surface area contributed by atoms with Crippen molar-refractivity contribution in [2.24, 2.45) is 0 Å². The Morgan fingerprint density at radius 1 is 1.14 bits per heavy atom. The van der Waals surface area contributed by atoms with E-state index >= 15 is 0 Å². The summed E-state index contributed by atoms with van der Waals surface area (Å²) in [6.07, 6.45) is 1.87. The fourth-order valence-electron chi connectivity index (χ4n) is 1.82. The summed E-state index contributed by atoms with van der Waals surface area (Å²) in [6, 6.07) is 9.53. The first-order chi connectivity index (χ1) is 10.7. The minimum absolute atomic E-state index is 0.164. The molecule has 1 aromatic heterocycles. The number of nitrogens with one attached hydrogen (secondary N) is 2. The normalized spacial score (nSPS) is 10.5. The Kier molecular flexibility index (Phi) is 5.97. The summed E-state index contributed by atoms with van der Waals surface area (Å²) < 4.78 is 10.6. The monoisotopic (exact) mass is 302 g/mol. The van der Waals surface area contributed by atoms with Gasteiger partial charge in [0.2, 0.25) is 5.95 Å². The molecule has 6 nitrogen and oxygen atoms in total. The lowest BCUT2D eigenvalue weighted by molar-refractivity contribution is 0.210. The van der Waals surface area contributed by atoms with Gasteiger partial charge in [0.1, 0.15) is 11.6 Å². The zero-order valence-corrected chi connectivity index (χ0v) is 13.2. The molecule has 0 unspecified atom stereocenters. The van der Waals surface area contributed by atoms with E-state index in [9.17, 15) is 0 Å². The molecule has 0 saturated carbocycles. The molecule has 0 saturated heterocycles. The van der Waals surface area contributed by atoms with E-state index in [1.165, 1.54) is 0 Å². The van der Waals surface area contributed by atoms with Crippen molar-refractivity contribution >= 4 is 17.5 Å². The highest BCUT2D eigenvalue weighted by atomic mass is 16.5. The molecule has 0 aliphatic heterocycles. The van der Waals surface area contributed by atoms with Crippen molar-refractivity contribution in [3.63, 3.8) is 0 Å². The average molecular weight is 302 g/mol. The SMILES string of the molecule is COCCNc1ccnc(Nc2ccc(OC(C)C)cc2)n1. The zero-order valence-electron chi connectivity index (χ0n) is 13.2. The van der Waals surface area contributed by atoms with Crippen LogP contribution in [0.25, 0.3) is 0 Å².